The molecular formula is C11H20N4O2S. The van der Waals surface area contributed by atoms with Crippen molar-refractivity contribution >= 4 is 22.4 Å². The zero-order valence-electron chi connectivity index (χ0n) is 11.2. The van der Waals surface area contributed by atoms with Crippen molar-refractivity contribution in [1.29, 1.82) is 0 Å². The molecule has 1 atom stereocenters. The van der Waals surface area contributed by atoms with Crippen LogP contribution in [0.2, 0.25) is 0 Å². The van der Waals surface area contributed by atoms with Crippen LogP contribution in [0.5, 0.6) is 0 Å². The highest BCUT2D eigenvalue weighted by molar-refractivity contribution is 7.17. The van der Waals surface area contributed by atoms with E-state index in [-0.39, 0.29) is 11.9 Å². The van der Waals surface area contributed by atoms with Gasteiger partial charge in [0, 0.05) is 13.7 Å². The lowest BCUT2D eigenvalue weighted by atomic mass is 10.1. The lowest BCUT2D eigenvalue weighted by Crippen LogP contribution is -2.41. The molecule has 0 aliphatic carbocycles. The Labute approximate surface area is 111 Å². The molecule has 1 unspecified atom stereocenters. The predicted molar refractivity (Wildman–Crippen MR) is 72.0 cm³/mol. The minimum atomic E-state index is -0.201. The molecule has 2 N–H and O–H groups in total. The van der Waals surface area contributed by atoms with Crippen molar-refractivity contribution in [2.45, 2.75) is 26.8 Å². The van der Waals surface area contributed by atoms with Gasteiger partial charge in [0.2, 0.25) is 10.1 Å². The van der Waals surface area contributed by atoms with Crippen molar-refractivity contribution in [3.63, 3.8) is 0 Å². The fourth-order valence-corrected chi connectivity index (χ4v) is 2.06. The second-order valence-electron chi connectivity index (χ2n) is 4.22. The highest BCUT2D eigenvalue weighted by Gasteiger charge is 2.19. The first-order valence-electron chi connectivity index (χ1n) is 5.95. The summed E-state index contributed by atoms with van der Waals surface area (Å²) in [5, 5.41) is 14.7. The summed E-state index contributed by atoms with van der Waals surface area (Å²) >= 11 is 1.25. The second-order valence-corrected chi connectivity index (χ2v) is 5.20. The number of aromatic nitrogens is 2. The molecule has 1 heterocycles. The largest absolute Gasteiger partial charge is 0.383 e. The average Bonchev–Trinajstić information content (AvgIpc) is 2.77. The van der Waals surface area contributed by atoms with E-state index in [4.69, 9.17) is 4.74 Å². The Morgan fingerprint density at radius 3 is 2.72 bits per heavy atom. The molecule has 6 nitrogen and oxygen atoms in total. The molecule has 0 aliphatic heterocycles. The first-order valence-corrected chi connectivity index (χ1v) is 6.77. The molecule has 0 saturated heterocycles. The molecule has 18 heavy (non-hydrogen) atoms. The number of carbonyl (C=O) groups is 1. The van der Waals surface area contributed by atoms with Crippen LogP contribution < -0.4 is 10.6 Å². The van der Waals surface area contributed by atoms with Crippen LogP contribution in [0.1, 0.15) is 30.6 Å². The molecule has 0 fully saturated rings. The third-order valence-corrected chi connectivity index (χ3v) is 3.29. The Morgan fingerprint density at radius 2 is 2.17 bits per heavy atom. The molecule has 1 amide bonds. The molecule has 102 valence electrons. The van der Waals surface area contributed by atoms with Crippen LogP contribution in [0.15, 0.2) is 0 Å². The maximum absolute atomic E-state index is 12.0. The Kier molecular flexibility index (Phi) is 6.00. The fourth-order valence-electron chi connectivity index (χ4n) is 1.35. The van der Waals surface area contributed by atoms with Gasteiger partial charge in [0.25, 0.3) is 5.91 Å². The van der Waals surface area contributed by atoms with E-state index < -0.39 is 0 Å². The summed E-state index contributed by atoms with van der Waals surface area (Å²) in [5.41, 5.74) is 0. The van der Waals surface area contributed by atoms with E-state index in [0.717, 1.165) is 6.54 Å². The van der Waals surface area contributed by atoms with Crippen LogP contribution in [-0.2, 0) is 4.74 Å². The highest BCUT2D eigenvalue weighted by Crippen LogP contribution is 2.15. The molecule has 0 aromatic carbocycles. The van der Waals surface area contributed by atoms with Crippen molar-refractivity contribution in [2.75, 3.05) is 25.6 Å². The minimum Gasteiger partial charge on any atom is -0.383 e. The topological polar surface area (TPSA) is 76.1 Å². The quantitative estimate of drug-likeness (QED) is 0.784. The Hall–Kier alpha value is -1.21. The third-order valence-electron chi connectivity index (χ3n) is 2.41. The fraction of sp³-hybridized carbons (Fsp3) is 0.727. The molecule has 1 aromatic rings. The Balaban J connectivity index is 2.62. The molecule has 0 saturated carbocycles. The van der Waals surface area contributed by atoms with Gasteiger partial charge in [0.1, 0.15) is 0 Å². The predicted octanol–water partition coefficient (Wildman–Crippen LogP) is 1.37. The van der Waals surface area contributed by atoms with E-state index >= 15 is 0 Å². The van der Waals surface area contributed by atoms with Crippen LogP contribution in [-0.4, -0.2) is 42.4 Å². The van der Waals surface area contributed by atoms with Crippen LogP contribution in [0.4, 0.5) is 5.13 Å². The van der Waals surface area contributed by atoms with Gasteiger partial charge in [-0.25, -0.2) is 0 Å². The number of rotatable bonds is 7. The van der Waals surface area contributed by atoms with Gasteiger partial charge in [-0.05, 0) is 12.8 Å². The highest BCUT2D eigenvalue weighted by atomic mass is 32.1. The van der Waals surface area contributed by atoms with Crippen molar-refractivity contribution in [2.24, 2.45) is 5.92 Å². The molecule has 1 rings (SSSR count). The average molecular weight is 272 g/mol. The SMILES string of the molecule is CCNc1nnc(C(=O)NC(COC)C(C)C)s1. The smallest absolute Gasteiger partial charge is 0.282 e. The van der Waals surface area contributed by atoms with Crippen LogP contribution >= 0.6 is 11.3 Å². The zero-order chi connectivity index (χ0) is 13.5. The second kappa shape index (κ2) is 7.27. The number of anilines is 1. The number of hydrogen-bond donors (Lipinski definition) is 2. The van der Waals surface area contributed by atoms with Gasteiger partial charge >= 0.3 is 0 Å². The number of carbonyl (C=O) groups excluding carboxylic acids is 1. The number of hydrogen-bond acceptors (Lipinski definition) is 6. The zero-order valence-corrected chi connectivity index (χ0v) is 12.0. The number of methoxy groups -OCH3 is 1. The lowest BCUT2D eigenvalue weighted by molar-refractivity contribution is 0.0865. The van der Waals surface area contributed by atoms with E-state index in [1.807, 2.05) is 20.8 Å². The summed E-state index contributed by atoms with van der Waals surface area (Å²) in [6.07, 6.45) is 0. The summed E-state index contributed by atoms with van der Waals surface area (Å²) in [4.78, 5) is 12.0. The standard InChI is InChI=1S/C11H20N4O2S/c1-5-12-11-15-14-10(18-11)9(16)13-8(6-17-4)7(2)3/h7-8H,5-6H2,1-4H3,(H,12,15)(H,13,16). The van der Waals surface area contributed by atoms with Crippen molar-refractivity contribution in [3.05, 3.63) is 5.01 Å². The summed E-state index contributed by atoms with van der Waals surface area (Å²) in [6, 6.07) is -0.0195. The van der Waals surface area contributed by atoms with Gasteiger partial charge in [0.05, 0.1) is 12.6 Å². The van der Waals surface area contributed by atoms with Gasteiger partial charge in [-0.1, -0.05) is 25.2 Å². The van der Waals surface area contributed by atoms with E-state index in [1.54, 1.807) is 7.11 Å². The molecule has 0 radical (unpaired) electrons. The maximum Gasteiger partial charge on any atom is 0.282 e. The maximum atomic E-state index is 12.0. The van der Waals surface area contributed by atoms with Crippen molar-refractivity contribution < 1.29 is 9.53 Å². The van der Waals surface area contributed by atoms with E-state index in [0.29, 0.717) is 22.7 Å². The van der Waals surface area contributed by atoms with Crippen LogP contribution in [0, 0.1) is 5.92 Å². The van der Waals surface area contributed by atoms with Crippen molar-refractivity contribution in [1.82, 2.24) is 15.5 Å². The first-order chi connectivity index (χ1) is 8.58. The van der Waals surface area contributed by atoms with Crippen LogP contribution in [0.25, 0.3) is 0 Å². The number of nitrogens with one attached hydrogen (secondary N) is 2. The monoisotopic (exact) mass is 272 g/mol. The number of ether oxygens (including phenoxy) is 1. The Morgan fingerprint density at radius 1 is 1.44 bits per heavy atom. The van der Waals surface area contributed by atoms with Gasteiger partial charge in [-0.2, -0.15) is 0 Å². The molecule has 1 aromatic heterocycles. The number of amides is 1. The summed E-state index contributed by atoms with van der Waals surface area (Å²) in [6.45, 7) is 7.29. The number of nitrogens with zero attached hydrogens (tertiary/aromatic N) is 2. The Bertz CT molecular complexity index is 381. The van der Waals surface area contributed by atoms with Gasteiger partial charge in [-0.15, -0.1) is 10.2 Å². The van der Waals surface area contributed by atoms with E-state index in [2.05, 4.69) is 20.8 Å². The molecular weight excluding hydrogens is 252 g/mol. The lowest BCUT2D eigenvalue weighted by Gasteiger charge is -2.20. The van der Waals surface area contributed by atoms with Gasteiger partial charge in [-0.3, -0.25) is 4.79 Å². The summed E-state index contributed by atoms with van der Waals surface area (Å²) in [7, 11) is 1.62. The molecule has 0 aliphatic rings. The normalized spacial score (nSPS) is 12.5. The molecule has 7 heteroatoms. The molecule has 0 bridgehead atoms. The van der Waals surface area contributed by atoms with Crippen LogP contribution in [0.3, 0.4) is 0 Å². The van der Waals surface area contributed by atoms with E-state index in [1.165, 1.54) is 11.3 Å². The van der Waals surface area contributed by atoms with Gasteiger partial charge in [0.15, 0.2) is 0 Å². The summed E-state index contributed by atoms with van der Waals surface area (Å²) in [5.74, 6) is 0.0995. The van der Waals surface area contributed by atoms with Gasteiger partial charge < -0.3 is 15.4 Å². The third kappa shape index (κ3) is 4.23. The van der Waals surface area contributed by atoms with E-state index in [9.17, 15) is 4.79 Å². The summed E-state index contributed by atoms with van der Waals surface area (Å²) < 4.78 is 5.09. The van der Waals surface area contributed by atoms with Crippen molar-refractivity contribution in [3.8, 4) is 0 Å². The molecule has 0 spiro atoms. The first kappa shape index (κ1) is 14.8. The minimum absolute atomic E-state index is 0.0195.